The lowest BCUT2D eigenvalue weighted by atomic mass is 10.2. The van der Waals surface area contributed by atoms with Crippen molar-refractivity contribution >= 4 is 11.7 Å². The second kappa shape index (κ2) is 7.97. The summed E-state index contributed by atoms with van der Waals surface area (Å²) in [6, 6.07) is 14.2. The molecule has 3 rings (SSSR count). The van der Waals surface area contributed by atoms with Crippen LogP contribution >= 0.6 is 0 Å². The minimum absolute atomic E-state index is 0.153. The fraction of sp³-hybridized carbons (Fsp3) is 0.176. The smallest absolute Gasteiger partial charge is 0.319 e. The number of urea groups is 1. The van der Waals surface area contributed by atoms with Gasteiger partial charge >= 0.3 is 6.03 Å². The van der Waals surface area contributed by atoms with Gasteiger partial charge in [-0.15, -0.1) is 5.10 Å². The lowest BCUT2D eigenvalue weighted by molar-refractivity contribution is 0.251. The number of amides is 2. The molecule has 9 nitrogen and oxygen atoms in total. The molecule has 0 saturated carbocycles. The summed E-state index contributed by atoms with van der Waals surface area (Å²) >= 11 is 0. The highest BCUT2D eigenvalue weighted by atomic mass is 16.5. The normalized spacial score (nSPS) is 10.2. The largest absolute Gasteiger partial charge is 0.493 e. The number of nitrogens with zero attached hydrogens (tertiary/aromatic N) is 4. The van der Waals surface area contributed by atoms with Crippen molar-refractivity contribution in [3.63, 3.8) is 0 Å². The van der Waals surface area contributed by atoms with E-state index in [0.717, 1.165) is 5.69 Å². The van der Waals surface area contributed by atoms with E-state index in [4.69, 9.17) is 9.47 Å². The molecule has 0 spiro atoms. The molecule has 9 heteroatoms. The zero-order chi connectivity index (χ0) is 18.4. The van der Waals surface area contributed by atoms with Crippen molar-refractivity contribution in [2.45, 2.75) is 6.54 Å². The van der Waals surface area contributed by atoms with Gasteiger partial charge in [-0.25, -0.2) is 4.79 Å². The number of tetrazole rings is 1. The summed E-state index contributed by atoms with van der Waals surface area (Å²) in [4.78, 5) is 12.2. The molecule has 0 aliphatic rings. The highest BCUT2D eigenvalue weighted by molar-refractivity contribution is 5.91. The van der Waals surface area contributed by atoms with Crippen molar-refractivity contribution < 1.29 is 14.3 Å². The van der Waals surface area contributed by atoms with Crippen molar-refractivity contribution in [1.82, 2.24) is 25.5 Å². The number of ether oxygens (including phenoxy) is 2. The summed E-state index contributed by atoms with van der Waals surface area (Å²) in [6.45, 7) is 0.153. The summed E-state index contributed by atoms with van der Waals surface area (Å²) < 4.78 is 12.1. The lowest BCUT2D eigenvalue weighted by Crippen LogP contribution is -2.29. The molecule has 2 aromatic carbocycles. The standard InChI is InChI=1S/C17H18N6O3/c1-25-14-10-6-9-13(16(14)26-2)19-17(24)18-11-15-20-21-22-23(15)12-7-4-3-5-8-12/h3-10H,11H2,1-2H3,(H2,18,19,24). The van der Waals surface area contributed by atoms with E-state index in [1.807, 2.05) is 30.3 Å². The van der Waals surface area contributed by atoms with Crippen LogP contribution in [0.1, 0.15) is 5.82 Å². The highest BCUT2D eigenvalue weighted by Crippen LogP contribution is 2.34. The number of carbonyl (C=O) groups excluding carboxylic acids is 1. The molecule has 0 unspecified atom stereocenters. The van der Waals surface area contributed by atoms with Crippen LogP contribution in [0.2, 0.25) is 0 Å². The zero-order valence-electron chi connectivity index (χ0n) is 14.3. The minimum atomic E-state index is -0.417. The van der Waals surface area contributed by atoms with Crippen LogP contribution in [0, 0.1) is 0 Å². The van der Waals surface area contributed by atoms with Crippen molar-refractivity contribution in [2.75, 3.05) is 19.5 Å². The fourth-order valence-corrected chi connectivity index (χ4v) is 2.40. The first kappa shape index (κ1) is 17.2. The first-order valence-electron chi connectivity index (χ1n) is 7.81. The van der Waals surface area contributed by atoms with Crippen LogP contribution in [0.25, 0.3) is 5.69 Å². The molecule has 0 bridgehead atoms. The van der Waals surface area contributed by atoms with Crippen LogP contribution in [0.15, 0.2) is 48.5 Å². The van der Waals surface area contributed by atoms with E-state index in [2.05, 4.69) is 26.2 Å². The van der Waals surface area contributed by atoms with Crippen LogP contribution in [0.3, 0.4) is 0 Å². The van der Waals surface area contributed by atoms with Gasteiger partial charge in [0.25, 0.3) is 0 Å². The molecule has 3 aromatic rings. The lowest BCUT2D eigenvalue weighted by Gasteiger charge is -2.13. The third kappa shape index (κ3) is 3.72. The summed E-state index contributed by atoms with van der Waals surface area (Å²) in [5.74, 6) is 1.47. The van der Waals surface area contributed by atoms with Gasteiger partial charge in [-0.1, -0.05) is 24.3 Å². The third-order valence-corrected chi connectivity index (χ3v) is 3.59. The number of methoxy groups -OCH3 is 2. The third-order valence-electron chi connectivity index (χ3n) is 3.59. The van der Waals surface area contributed by atoms with Gasteiger partial charge in [-0.3, -0.25) is 0 Å². The Bertz CT molecular complexity index is 881. The number of carbonyl (C=O) groups is 1. The number of anilines is 1. The van der Waals surface area contributed by atoms with E-state index in [0.29, 0.717) is 23.0 Å². The molecule has 1 heterocycles. The molecule has 0 atom stereocenters. The fourth-order valence-electron chi connectivity index (χ4n) is 2.40. The first-order chi connectivity index (χ1) is 12.7. The Hall–Kier alpha value is -3.62. The Morgan fingerprint density at radius 3 is 2.62 bits per heavy atom. The molecule has 0 radical (unpaired) electrons. The molecule has 0 aliphatic carbocycles. The number of para-hydroxylation sites is 2. The molecular weight excluding hydrogens is 336 g/mol. The maximum atomic E-state index is 12.2. The molecular formula is C17H18N6O3. The monoisotopic (exact) mass is 354 g/mol. The van der Waals surface area contributed by atoms with Crippen molar-refractivity contribution in [1.29, 1.82) is 0 Å². The van der Waals surface area contributed by atoms with Gasteiger partial charge in [0.05, 0.1) is 32.1 Å². The maximum Gasteiger partial charge on any atom is 0.319 e. The van der Waals surface area contributed by atoms with E-state index in [1.54, 1.807) is 22.9 Å². The van der Waals surface area contributed by atoms with Gasteiger partial charge in [-0.2, -0.15) is 4.68 Å². The molecule has 1 aromatic heterocycles. The summed E-state index contributed by atoms with van der Waals surface area (Å²) in [7, 11) is 3.04. The van der Waals surface area contributed by atoms with Crippen LogP contribution in [-0.4, -0.2) is 40.5 Å². The Morgan fingerprint density at radius 2 is 1.88 bits per heavy atom. The van der Waals surface area contributed by atoms with Gasteiger partial charge in [0.15, 0.2) is 17.3 Å². The van der Waals surface area contributed by atoms with E-state index in [9.17, 15) is 4.79 Å². The topological polar surface area (TPSA) is 103 Å². The SMILES string of the molecule is COc1cccc(NC(=O)NCc2nnnn2-c2ccccc2)c1OC. The quantitative estimate of drug-likeness (QED) is 0.702. The molecule has 0 saturated heterocycles. The molecule has 0 fully saturated rings. The number of rotatable bonds is 6. The van der Waals surface area contributed by atoms with Crippen LogP contribution in [0.5, 0.6) is 11.5 Å². The number of benzene rings is 2. The molecule has 2 N–H and O–H groups in total. The van der Waals surface area contributed by atoms with Crippen LogP contribution in [0.4, 0.5) is 10.5 Å². The summed E-state index contributed by atoms with van der Waals surface area (Å²) in [5.41, 5.74) is 1.30. The zero-order valence-corrected chi connectivity index (χ0v) is 14.3. The average Bonchev–Trinajstić information content (AvgIpc) is 3.15. The van der Waals surface area contributed by atoms with E-state index in [-0.39, 0.29) is 6.54 Å². The second-order valence-electron chi connectivity index (χ2n) is 5.19. The molecule has 134 valence electrons. The van der Waals surface area contributed by atoms with Crippen LogP contribution < -0.4 is 20.1 Å². The first-order valence-corrected chi connectivity index (χ1v) is 7.81. The van der Waals surface area contributed by atoms with E-state index < -0.39 is 6.03 Å². The predicted molar refractivity (Wildman–Crippen MR) is 94.6 cm³/mol. The van der Waals surface area contributed by atoms with Gasteiger partial charge < -0.3 is 20.1 Å². The molecule has 26 heavy (non-hydrogen) atoms. The number of hydrogen-bond acceptors (Lipinski definition) is 6. The summed E-state index contributed by atoms with van der Waals surface area (Å²) in [6.07, 6.45) is 0. The van der Waals surface area contributed by atoms with Gasteiger partial charge in [0.1, 0.15) is 0 Å². The maximum absolute atomic E-state index is 12.2. The average molecular weight is 354 g/mol. The van der Waals surface area contributed by atoms with E-state index >= 15 is 0 Å². The number of aromatic nitrogens is 4. The Balaban J connectivity index is 1.67. The molecule has 2 amide bonds. The molecule has 0 aliphatic heterocycles. The Morgan fingerprint density at radius 1 is 1.08 bits per heavy atom. The minimum Gasteiger partial charge on any atom is -0.493 e. The van der Waals surface area contributed by atoms with Gasteiger partial charge in [-0.05, 0) is 34.7 Å². The van der Waals surface area contributed by atoms with Crippen molar-refractivity contribution in [3.8, 4) is 17.2 Å². The second-order valence-corrected chi connectivity index (χ2v) is 5.19. The van der Waals surface area contributed by atoms with Crippen LogP contribution in [-0.2, 0) is 6.54 Å². The number of nitrogens with one attached hydrogen (secondary N) is 2. The van der Waals surface area contributed by atoms with Gasteiger partial charge in [0, 0.05) is 0 Å². The predicted octanol–water partition coefficient (Wildman–Crippen LogP) is 2.00. The Labute approximate surface area is 149 Å². The summed E-state index contributed by atoms with van der Waals surface area (Å²) in [5, 5.41) is 17.0. The highest BCUT2D eigenvalue weighted by Gasteiger charge is 2.13. The number of hydrogen-bond donors (Lipinski definition) is 2. The van der Waals surface area contributed by atoms with Gasteiger partial charge in [0.2, 0.25) is 0 Å². The van der Waals surface area contributed by atoms with Crippen molar-refractivity contribution in [3.05, 3.63) is 54.4 Å². The van der Waals surface area contributed by atoms with E-state index in [1.165, 1.54) is 14.2 Å². The van der Waals surface area contributed by atoms with Crippen molar-refractivity contribution in [2.24, 2.45) is 0 Å². The Kier molecular flexibility index (Phi) is 5.28.